The van der Waals surface area contributed by atoms with Crippen LogP contribution in [0, 0.1) is 16.7 Å². The molecule has 5 heteroatoms. The smallest absolute Gasteiger partial charge is 0.243 e. The molecule has 16 heavy (non-hydrogen) atoms. The minimum Gasteiger partial charge on any atom is -0.391 e. The molecule has 0 saturated carbocycles. The van der Waals surface area contributed by atoms with E-state index in [1.807, 2.05) is 0 Å². The van der Waals surface area contributed by atoms with Gasteiger partial charge < -0.3 is 14.7 Å². The summed E-state index contributed by atoms with van der Waals surface area (Å²) in [6.07, 6.45) is 1.12. The van der Waals surface area contributed by atoms with Crippen LogP contribution in [0.4, 0.5) is 0 Å². The van der Waals surface area contributed by atoms with Crippen molar-refractivity contribution in [2.24, 2.45) is 5.41 Å². The molecule has 2 aliphatic heterocycles. The van der Waals surface area contributed by atoms with E-state index in [2.05, 4.69) is 6.07 Å². The van der Waals surface area contributed by atoms with Crippen LogP contribution in [0.15, 0.2) is 0 Å². The minimum absolute atomic E-state index is 0.130. The van der Waals surface area contributed by atoms with Gasteiger partial charge in [0.2, 0.25) is 5.91 Å². The zero-order valence-electron chi connectivity index (χ0n) is 9.19. The first kappa shape index (κ1) is 11.4. The lowest BCUT2D eigenvalue weighted by Gasteiger charge is -2.32. The van der Waals surface area contributed by atoms with E-state index in [9.17, 15) is 15.2 Å². The SMILES string of the molecule is N#CC1(C(=O)N2CC[C@H](O)C2)CCOCC1. The number of aliphatic hydroxyl groups is 1. The summed E-state index contributed by atoms with van der Waals surface area (Å²) in [4.78, 5) is 13.8. The third kappa shape index (κ3) is 1.91. The van der Waals surface area contributed by atoms with Gasteiger partial charge in [0.05, 0.1) is 12.2 Å². The van der Waals surface area contributed by atoms with E-state index in [1.54, 1.807) is 4.90 Å². The van der Waals surface area contributed by atoms with E-state index in [4.69, 9.17) is 4.74 Å². The first-order valence-corrected chi connectivity index (χ1v) is 5.64. The third-order valence-electron chi connectivity index (χ3n) is 3.42. The summed E-state index contributed by atoms with van der Waals surface area (Å²) < 4.78 is 5.19. The van der Waals surface area contributed by atoms with Crippen LogP contribution in [-0.2, 0) is 9.53 Å². The van der Waals surface area contributed by atoms with E-state index in [1.165, 1.54) is 0 Å². The van der Waals surface area contributed by atoms with Gasteiger partial charge in [0.25, 0.3) is 0 Å². The van der Waals surface area contributed by atoms with Crippen molar-refractivity contribution >= 4 is 5.91 Å². The normalized spacial score (nSPS) is 28.8. The van der Waals surface area contributed by atoms with Crippen LogP contribution in [0.5, 0.6) is 0 Å². The fourth-order valence-electron chi connectivity index (χ4n) is 2.32. The number of aliphatic hydroxyl groups excluding tert-OH is 1. The van der Waals surface area contributed by atoms with E-state index in [0.717, 1.165) is 0 Å². The van der Waals surface area contributed by atoms with Gasteiger partial charge in [-0.25, -0.2) is 0 Å². The summed E-state index contributed by atoms with van der Waals surface area (Å²) in [6, 6.07) is 2.16. The number of rotatable bonds is 1. The van der Waals surface area contributed by atoms with Crippen LogP contribution in [0.2, 0.25) is 0 Å². The maximum absolute atomic E-state index is 12.2. The number of hydrogen-bond acceptors (Lipinski definition) is 4. The molecule has 2 heterocycles. The molecule has 5 nitrogen and oxygen atoms in total. The summed E-state index contributed by atoms with van der Waals surface area (Å²) in [5.74, 6) is -0.130. The van der Waals surface area contributed by atoms with Gasteiger partial charge in [0, 0.05) is 26.3 Å². The molecule has 0 aliphatic carbocycles. The Morgan fingerprint density at radius 3 is 2.69 bits per heavy atom. The highest BCUT2D eigenvalue weighted by Crippen LogP contribution is 2.33. The van der Waals surface area contributed by atoms with E-state index >= 15 is 0 Å². The summed E-state index contributed by atoms with van der Waals surface area (Å²) in [5, 5.41) is 18.6. The van der Waals surface area contributed by atoms with Crippen molar-refractivity contribution in [2.45, 2.75) is 25.4 Å². The van der Waals surface area contributed by atoms with Crippen molar-refractivity contribution in [3.05, 3.63) is 0 Å². The molecular formula is C11H16N2O3. The molecule has 2 aliphatic rings. The van der Waals surface area contributed by atoms with Crippen LogP contribution < -0.4 is 0 Å². The molecule has 2 fully saturated rings. The first-order valence-electron chi connectivity index (χ1n) is 5.64. The second kappa shape index (κ2) is 4.40. The lowest BCUT2D eigenvalue weighted by atomic mass is 9.80. The van der Waals surface area contributed by atoms with Crippen LogP contribution in [0.1, 0.15) is 19.3 Å². The zero-order valence-corrected chi connectivity index (χ0v) is 9.19. The number of hydrogen-bond donors (Lipinski definition) is 1. The lowest BCUT2D eigenvalue weighted by molar-refractivity contribution is -0.142. The second-order valence-corrected chi connectivity index (χ2v) is 4.50. The predicted molar refractivity (Wildman–Crippen MR) is 55.3 cm³/mol. The third-order valence-corrected chi connectivity index (χ3v) is 3.42. The molecule has 88 valence electrons. The highest BCUT2D eigenvalue weighted by atomic mass is 16.5. The van der Waals surface area contributed by atoms with Gasteiger partial charge in [0.15, 0.2) is 0 Å². The van der Waals surface area contributed by atoms with Crippen molar-refractivity contribution in [1.29, 1.82) is 5.26 Å². The Morgan fingerprint density at radius 2 is 2.19 bits per heavy atom. The molecule has 2 saturated heterocycles. The molecule has 0 spiro atoms. The Kier molecular flexibility index (Phi) is 3.13. The summed E-state index contributed by atoms with van der Waals surface area (Å²) in [5.41, 5.74) is -0.914. The zero-order chi connectivity index (χ0) is 11.6. The number of likely N-dealkylation sites (tertiary alicyclic amines) is 1. The molecule has 0 aromatic rings. The Labute approximate surface area is 94.6 Å². The van der Waals surface area contributed by atoms with E-state index in [-0.39, 0.29) is 5.91 Å². The molecule has 1 atom stereocenters. The number of amides is 1. The molecule has 0 unspecified atom stereocenters. The quantitative estimate of drug-likeness (QED) is 0.675. The van der Waals surface area contributed by atoms with Gasteiger partial charge in [-0.15, -0.1) is 0 Å². The van der Waals surface area contributed by atoms with Crippen molar-refractivity contribution in [3.63, 3.8) is 0 Å². The number of nitriles is 1. The molecule has 0 radical (unpaired) electrons. The van der Waals surface area contributed by atoms with Gasteiger partial charge in [-0.1, -0.05) is 0 Å². The summed E-state index contributed by atoms with van der Waals surface area (Å²) in [6.45, 7) is 1.86. The number of nitrogens with zero attached hydrogens (tertiary/aromatic N) is 2. The van der Waals surface area contributed by atoms with E-state index < -0.39 is 11.5 Å². The predicted octanol–water partition coefficient (Wildman–Crippen LogP) is -0.100. The maximum Gasteiger partial charge on any atom is 0.243 e. The van der Waals surface area contributed by atoms with Crippen LogP contribution in [-0.4, -0.2) is 48.3 Å². The summed E-state index contributed by atoms with van der Waals surface area (Å²) in [7, 11) is 0. The van der Waals surface area contributed by atoms with Gasteiger partial charge in [-0.2, -0.15) is 5.26 Å². The van der Waals surface area contributed by atoms with Gasteiger partial charge in [-0.05, 0) is 19.3 Å². The average Bonchev–Trinajstić information content (AvgIpc) is 2.76. The Bertz CT molecular complexity index is 318. The Morgan fingerprint density at radius 1 is 1.50 bits per heavy atom. The maximum atomic E-state index is 12.2. The molecule has 0 aromatic heterocycles. The molecule has 0 aromatic carbocycles. The Balaban J connectivity index is 2.09. The number of carbonyl (C=O) groups excluding carboxylic acids is 1. The molecule has 0 bridgehead atoms. The van der Waals surface area contributed by atoms with Crippen molar-refractivity contribution in [1.82, 2.24) is 4.90 Å². The monoisotopic (exact) mass is 224 g/mol. The van der Waals surface area contributed by atoms with E-state index in [0.29, 0.717) is 45.6 Å². The second-order valence-electron chi connectivity index (χ2n) is 4.50. The van der Waals surface area contributed by atoms with Gasteiger partial charge in [-0.3, -0.25) is 4.79 Å². The minimum atomic E-state index is -0.914. The topological polar surface area (TPSA) is 73.6 Å². The largest absolute Gasteiger partial charge is 0.391 e. The number of ether oxygens (including phenoxy) is 1. The molecule has 2 rings (SSSR count). The van der Waals surface area contributed by atoms with Crippen LogP contribution in [0.3, 0.4) is 0 Å². The van der Waals surface area contributed by atoms with Gasteiger partial charge in [0.1, 0.15) is 5.41 Å². The van der Waals surface area contributed by atoms with Crippen molar-refractivity contribution in [2.75, 3.05) is 26.3 Å². The molecule has 1 N–H and O–H groups in total. The van der Waals surface area contributed by atoms with Crippen LogP contribution in [0.25, 0.3) is 0 Å². The number of carbonyl (C=O) groups is 1. The first-order chi connectivity index (χ1) is 7.68. The van der Waals surface area contributed by atoms with Gasteiger partial charge >= 0.3 is 0 Å². The lowest BCUT2D eigenvalue weighted by Crippen LogP contribution is -2.45. The molecular weight excluding hydrogens is 208 g/mol. The highest BCUT2D eigenvalue weighted by molar-refractivity contribution is 5.85. The number of β-amino-alcohol motifs (C(OH)–C–C–N with tert-alkyl or cyclic N) is 1. The van der Waals surface area contributed by atoms with Crippen molar-refractivity contribution < 1.29 is 14.6 Å². The van der Waals surface area contributed by atoms with Crippen molar-refractivity contribution in [3.8, 4) is 6.07 Å². The van der Waals surface area contributed by atoms with Crippen LogP contribution >= 0.6 is 0 Å². The Hall–Kier alpha value is -1.12. The highest BCUT2D eigenvalue weighted by Gasteiger charge is 2.44. The molecule has 1 amide bonds. The summed E-state index contributed by atoms with van der Waals surface area (Å²) >= 11 is 0. The fourth-order valence-corrected chi connectivity index (χ4v) is 2.32. The average molecular weight is 224 g/mol. The standard InChI is InChI=1S/C11H16N2O3/c12-8-11(2-5-16-6-3-11)10(15)13-4-1-9(14)7-13/h9,14H,1-7H2/t9-/m0/s1. The fraction of sp³-hybridized carbons (Fsp3) is 0.818.